The van der Waals surface area contributed by atoms with Crippen LogP contribution in [0.3, 0.4) is 0 Å². The number of benzene rings is 2. The number of fused-ring (bicyclic) bond motifs is 1. The van der Waals surface area contributed by atoms with Crippen molar-refractivity contribution in [3.63, 3.8) is 0 Å². The second kappa shape index (κ2) is 8.79. The minimum absolute atomic E-state index is 0.0665. The van der Waals surface area contributed by atoms with Gasteiger partial charge in [-0.05, 0) is 74.2 Å². The van der Waals surface area contributed by atoms with Gasteiger partial charge in [-0.2, -0.15) is 0 Å². The van der Waals surface area contributed by atoms with Gasteiger partial charge in [0.15, 0.2) is 0 Å². The summed E-state index contributed by atoms with van der Waals surface area (Å²) in [6.07, 6.45) is 5.10. The van der Waals surface area contributed by atoms with Crippen LogP contribution < -0.4 is 14.8 Å². The molecule has 158 valence electrons. The van der Waals surface area contributed by atoms with Gasteiger partial charge in [-0.15, -0.1) is 0 Å². The highest BCUT2D eigenvalue weighted by Crippen LogP contribution is 2.28. The van der Waals surface area contributed by atoms with Gasteiger partial charge < -0.3 is 10.1 Å². The van der Waals surface area contributed by atoms with Crippen molar-refractivity contribution in [2.45, 2.75) is 42.7 Å². The number of aromatic nitrogens is 1. The average molecular weight is 446 g/mol. The van der Waals surface area contributed by atoms with Crippen LogP contribution in [0.2, 0.25) is 5.02 Å². The summed E-state index contributed by atoms with van der Waals surface area (Å²) in [5.41, 5.74) is 1.88. The molecule has 1 aliphatic carbocycles. The number of hydrogen-bond donors (Lipinski definition) is 2. The van der Waals surface area contributed by atoms with Crippen molar-refractivity contribution >= 4 is 38.2 Å². The maximum absolute atomic E-state index is 12.7. The molecule has 0 amide bonds. The summed E-state index contributed by atoms with van der Waals surface area (Å²) in [4.78, 5) is 4.63. The Bertz CT molecular complexity index is 1130. The highest BCUT2D eigenvalue weighted by atomic mass is 35.5. The van der Waals surface area contributed by atoms with Crippen LogP contribution in [0, 0.1) is 0 Å². The Morgan fingerprint density at radius 3 is 2.40 bits per heavy atom. The fraction of sp³-hybridized carbons (Fsp3) is 0.318. The molecular weight excluding hydrogens is 422 g/mol. The van der Waals surface area contributed by atoms with E-state index in [1.54, 1.807) is 37.6 Å². The van der Waals surface area contributed by atoms with Crippen molar-refractivity contribution in [2.24, 2.45) is 0 Å². The van der Waals surface area contributed by atoms with E-state index >= 15 is 0 Å². The number of methoxy groups -OCH3 is 1. The third-order valence-corrected chi connectivity index (χ3v) is 7.25. The molecule has 2 N–H and O–H groups in total. The minimum Gasteiger partial charge on any atom is -0.497 e. The standard InChI is InChI=1S/C22H24ClN3O3S/c1-29-18-7-9-19(10-8-18)30(27,28)26-17-5-3-16(4-6-17)25-21-12-13-24-22-14-15(23)2-11-20(21)22/h2,7-14,16-17,26H,3-6H2,1H3,(H,24,25)/t16-,17+. The van der Waals surface area contributed by atoms with Crippen LogP contribution in [-0.2, 0) is 10.0 Å². The molecular formula is C22H24ClN3O3S. The molecule has 0 aliphatic heterocycles. The zero-order chi connectivity index (χ0) is 21.1. The number of sulfonamides is 1. The van der Waals surface area contributed by atoms with Gasteiger partial charge in [0.1, 0.15) is 5.75 Å². The van der Waals surface area contributed by atoms with Gasteiger partial charge in [-0.3, -0.25) is 4.98 Å². The van der Waals surface area contributed by atoms with E-state index in [4.69, 9.17) is 16.3 Å². The zero-order valence-corrected chi connectivity index (χ0v) is 18.2. The number of nitrogens with zero attached hydrogens (tertiary/aromatic N) is 1. The van der Waals surface area contributed by atoms with Crippen LogP contribution in [0.5, 0.6) is 5.75 Å². The molecule has 0 atom stereocenters. The molecule has 1 aliphatic rings. The van der Waals surface area contributed by atoms with E-state index in [-0.39, 0.29) is 17.0 Å². The van der Waals surface area contributed by atoms with Crippen molar-refractivity contribution in [2.75, 3.05) is 12.4 Å². The van der Waals surface area contributed by atoms with Gasteiger partial charge in [0.05, 0.1) is 17.5 Å². The van der Waals surface area contributed by atoms with Crippen LogP contribution in [0.1, 0.15) is 25.7 Å². The summed E-state index contributed by atoms with van der Waals surface area (Å²) in [7, 11) is -1.99. The van der Waals surface area contributed by atoms with Crippen LogP contribution in [0.25, 0.3) is 10.9 Å². The lowest BCUT2D eigenvalue weighted by Crippen LogP contribution is -2.40. The Hall–Kier alpha value is -2.35. The first-order valence-corrected chi connectivity index (χ1v) is 11.8. The monoisotopic (exact) mass is 445 g/mol. The molecule has 0 spiro atoms. The third kappa shape index (κ3) is 4.69. The number of halogens is 1. The number of rotatable bonds is 6. The Kier molecular flexibility index (Phi) is 6.13. The lowest BCUT2D eigenvalue weighted by atomic mass is 9.91. The summed E-state index contributed by atoms with van der Waals surface area (Å²) in [6, 6.07) is 14.3. The van der Waals surface area contributed by atoms with Crippen molar-refractivity contribution in [3.05, 3.63) is 59.8 Å². The summed E-state index contributed by atoms with van der Waals surface area (Å²) in [6.45, 7) is 0. The van der Waals surface area contributed by atoms with E-state index in [9.17, 15) is 8.42 Å². The van der Waals surface area contributed by atoms with Crippen LogP contribution in [0.4, 0.5) is 5.69 Å². The van der Waals surface area contributed by atoms with Crippen LogP contribution in [0.15, 0.2) is 59.6 Å². The van der Waals surface area contributed by atoms with Crippen molar-refractivity contribution in [1.82, 2.24) is 9.71 Å². The molecule has 1 fully saturated rings. The molecule has 1 saturated carbocycles. The second-order valence-electron chi connectivity index (χ2n) is 7.51. The van der Waals surface area contributed by atoms with Crippen LogP contribution >= 0.6 is 11.6 Å². The Morgan fingerprint density at radius 2 is 1.70 bits per heavy atom. The zero-order valence-electron chi connectivity index (χ0n) is 16.6. The van der Waals surface area contributed by atoms with Crippen molar-refractivity contribution < 1.29 is 13.2 Å². The highest BCUT2D eigenvalue weighted by molar-refractivity contribution is 7.89. The molecule has 8 heteroatoms. The van der Waals surface area contributed by atoms with E-state index in [1.165, 1.54) is 0 Å². The second-order valence-corrected chi connectivity index (χ2v) is 9.66. The molecule has 0 saturated heterocycles. The van der Waals surface area contributed by atoms with E-state index < -0.39 is 10.0 Å². The van der Waals surface area contributed by atoms with Gasteiger partial charge in [-0.25, -0.2) is 13.1 Å². The van der Waals surface area contributed by atoms with E-state index in [0.29, 0.717) is 10.8 Å². The quantitative estimate of drug-likeness (QED) is 0.579. The molecule has 4 rings (SSSR count). The van der Waals surface area contributed by atoms with Crippen molar-refractivity contribution in [3.8, 4) is 5.75 Å². The maximum Gasteiger partial charge on any atom is 0.240 e. The van der Waals surface area contributed by atoms with Gasteiger partial charge in [0.25, 0.3) is 0 Å². The summed E-state index contributed by atoms with van der Waals surface area (Å²) in [5, 5.41) is 5.29. The first kappa shape index (κ1) is 20.9. The topological polar surface area (TPSA) is 80.3 Å². The molecule has 30 heavy (non-hydrogen) atoms. The highest BCUT2D eigenvalue weighted by Gasteiger charge is 2.26. The van der Waals surface area contributed by atoms with Gasteiger partial charge in [0, 0.05) is 34.4 Å². The van der Waals surface area contributed by atoms with E-state index in [0.717, 1.165) is 42.3 Å². The summed E-state index contributed by atoms with van der Waals surface area (Å²) in [5.74, 6) is 0.631. The molecule has 0 radical (unpaired) electrons. The maximum atomic E-state index is 12.7. The largest absolute Gasteiger partial charge is 0.497 e. The normalized spacial score (nSPS) is 19.5. The summed E-state index contributed by atoms with van der Waals surface area (Å²) < 4.78 is 33.3. The van der Waals surface area contributed by atoms with E-state index in [1.807, 2.05) is 24.3 Å². The lowest BCUT2D eigenvalue weighted by molar-refractivity contribution is 0.387. The number of ether oxygens (including phenoxy) is 1. The first-order chi connectivity index (χ1) is 14.4. The van der Waals surface area contributed by atoms with Gasteiger partial charge in [-0.1, -0.05) is 11.6 Å². The predicted molar refractivity (Wildman–Crippen MR) is 120 cm³/mol. The molecule has 3 aromatic rings. The molecule has 1 aromatic heterocycles. The average Bonchev–Trinajstić information content (AvgIpc) is 2.75. The Balaban J connectivity index is 1.37. The molecule has 0 unspecified atom stereocenters. The third-order valence-electron chi connectivity index (χ3n) is 5.48. The van der Waals surface area contributed by atoms with E-state index in [2.05, 4.69) is 15.0 Å². The molecule has 2 aromatic carbocycles. The minimum atomic E-state index is -3.54. The SMILES string of the molecule is COc1ccc(S(=O)(=O)N[C@H]2CC[C@@H](Nc3ccnc4cc(Cl)ccc34)CC2)cc1. The smallest absolute Gasteiger partial charge is 0.240 e. The van der Waals surface area contributed by atoms with Gasteiger partial charge >= 0.3 is 0 Å². The predicted octanol–water partition coefficient (Wildman–Crippen LogP) is 4.60. The number of nitrogens with one attached hydrogen (secondary N) is 2. The fourth-order valence-corrected chi connectivity index (χ4v) is 5.34. The van der Waals surface area contributed by atoms with Gasteiger partial charge in [0.2, 0.25) is 10.0 Å². The first-order valence-electron chi connectivity index (χ1n) is 9.92. The Labute approximate surface area is 181 Å². The van der Waals surface area contributed by atoms with Crippen molar-refractivity contribution in [1.29, 1.82) is 0 Å². The molecule has 1 heterocycles. The molecule has 6 nitrogen and oxygen atoms in total. The number of anilines is 1. The number of pyridine rings is 1. The fourth-order valence-electron chi connectivity index (χ4n) is 3.86. The lowest BCUT2D eigenvalue weighted by Gasteiger charge is -2.30. The number of hydrogen-bond acceptors (Lipinski definition) is 5. The Morgan fingerprint density at radius 1 is 1.00 bits per heavy atom. The summed E-state index contributed by atoms with van der Waals surface area (Å²) >= 11 is 6.07. The molecule has 0 bridgehead atoms. The van der Waals surface area contributed by atoms with Crippen LogP contribution in [-0.4, -0.2) is 32.6 Å².